The highest BCUT2D eigenvalue weighted by molar-refractivity contribution is 5.08. The molecule has 1 heteroatoms. The molecule has 4 rings (SSSR count). The first kappa shape index (κ1) is 14.5. The van der Waals surface area contributed by atoms with Crippen LogP contribution < -0.4 is 0 Å². The van der Waals surface area contributed by atoms with Crippen molar-refractivity contribution in [3.63, 3.8) is 0 Å². The Bertz CT molecular complexity index is 418. The van der Waals surface area contributed by atoms with Crippen LogP contribution in [0.25, 0.3) is 0 Å². The minimum Gasteiger partial charge on any atom is -0.393 e. The molecule has 4 aliphatic rings. The first-order chi connectivity index (χ1) is 9.95. The van der Waals surface area contributed by atoms with Crippen molar-refractivity contribution in [2.24, 2.45) is 40.4 Å². The predicted molar refractivity (Wildman–Crippen MR) is 86.9 cm³/mol. The summed E-state index contributed by atoms with van der Waals surface area (Å²) < 4.78 is 0. The zero-order valence-corrected chi connectivity index (χ0v) is 14.3. The van der Waals surface area contributed by atoms with Crippen LogP contribution in [0.4, 0.5) is 0 Å². The SMILES string of the molecule is CC1CCC2C3CCC4C[C@@H](O)CCC4(C)C3CC[C@]12C. The van der Waals surface area contributed by atoms with Gasteiger partial charge in [0.05, 0.1) is 6.10 Å². The molecule has 1 nitrogen and oxygen atoms in total. The van der Waals surface area contributed by atoms with E-state index in [4.69, 9.17) is 0 Å². The fourth-order valence-corrected chi connectivity index (χ4v) is 7.50. The van der Waals surface area contributed by atoms with E-state index in [0.717, 1.165) is 42.4 Å². The lowest BCUT2D eigenvalue weighted by Crippen LogP contribution is -2.53. The molecule has 120 valence electrons. The molecule has 0 spiro atoms. The number of aliphatic hydroxyl groups excluding tert-OH is 1. The van der Waals surface area contributed by atoms with Crippen LogP contribution in [0, 0.1) is 40.4 Å². The summed E-state index contributed by atoms with van der Waals surface area (Å²) in [5.74, 6) is 4.74. The molecule has 0 radical (unpaired) electrons. The van der Waals surface area contributed by atoms with E-state index in [2.05, 4.69) is 20.8 Å². The normalized spacial score (nSPS) is 60.0. The van der Waals surface area contributed by atoms with Crippen LogP contribution in [0.15, 0.2) is 0 Å². The van der Waals surface area contributed by atoms with Gasteiger partial charge in [-0.1, -0.05) is 20.8 Å². The maximum Gasteiger partial charge on any atom is 0.0543 e. The van der Waals surface area contributed by atoms with Crippen molar-refractivity contribution in [1.29, 1.82) is 0 Å². The summed E-state index contributed by atoms with van der Waals surface area (Å²) in [6, 6.07) is 0. The molecule has 21 heavy (non-hydrogen) atoms. The van der Waals surface area contributed by atoms with E-state index < -0.39 is 0 Å². The van der Waals surface area contributed by atoms with Crippen LogP contribution in [-0.4, -0.2) is 11.2 Å². The van der Waals surface area contributed by atoms with E-state index in [1.165, 1.54) is 44.9 Å². The van der Waals surface area contributed by atoms with Crippen LogP contribution in [0.5, 0.6) is 0 Å². The summed E-state index contributed by atoms with van der Waals surface area (Å²) in [7, 11) is 0. The molecule has 0 saturated heterocycles. The number of hydrogen-bond donors (Lipinski definition) is 1. The Morgan fingerprint density at radius 3 is 2.33 bits per heavy atom. The number of hydrogen-bond acceptors (Lipinski definition) is 1. The molecule has 8 atom stereocenters. The lowest BCUT2D eigenvalue weighted by molar-refractivity contribution is -0.125. The Morgan fingerprint density at radius 1 is 0.810 bits per heavy atom. The van der Waals surface area contributed by atoms with Crippen LogP contribution >= 0.6 is 0 Å². The number of fused-ring (bicyclic) bond motifs is 5. The second-order valence-electron chi connectivity index (χ2n) is 9.61. The Balaban J connectivity index is 1.62. The van der Waals surface area contributed by atoms with Gasteiger partial charge in [-0.15, -0.1) is 0 Å². The Kier molecular flexibility index (Phi) is 3.27. The Labute approximate surface area is 130 Å². The minimum atomic E-state index is -0.0000147. The van der Waals surface area contributed by atoms with Gasteiger partial charge in [-0.2, -0.15) is 0 Å². The molecule has 0 aromatic rings. The van der Waals surface area contributed by atoms with Crippen molar-refractivity contribution in [2.45, 2.75) is 84.7 Å². The highest BCUT2D eigenvalue weighted by Crippen LogP contribution is 2.67. The topological polar surface area (TPSA) is 20.2 Å². The van der Waals surface area contributed by atoms with Crippen molar-refractivity contribution in [3.8, 4) is 0 Å². The molecule has 0 bridgehead atoms. The average molecular weight is 290 g/mol. The lowest BCUT2D eigenvalue weighted by atomic mass is 9.45. The first-order valence-corrected chi connectivity index (χ1v) is 9.63. The average Bonchev–Trinajstić information content (AvgIpc) is 2.76. The van der Waals surface area contributed by atoms with Crippen LogP contribution in [0.2, 0.25) is 0 Å². The quantitative estimate of drug-likeness (QED) is 0.663. The maximum atomic E-state index is 10.1. The third-order valence-corrected chi connectivity index (χ3v) is 9.11. The molecule has 1 N–H and O–H groups in total. The predicted octanol–water partition coefficient (Wildman–Crippen LogP) is 5.03. The van der Waals surface area contributed by atoms with Crippen LogP contribution in [0.3, 0.4) is 0 Å². The molecule has 0 aromatic heterocycles. The monoisotopic (exact) mass is 290 g/mol. The van der Waals surface area contributed by atoms with E-state index in [-0.39, 0.29) is 6.10 Å². The maximum absolute atomic E-state index is 10.1. The van der Waals surface area contributed by atoms with Crippen molar-refractivity contribution < 1.29 is 5.11 Å². The summed E-state index contributed by atoms with van der Waals surface area (Å²) in [4.78, 5) is 0. The standard InChI is InChI=1S/C20H34O/c1-13-4-7-17-16-6-5-14-12-15(21)8-10-20(14,3)18(16)9-11-19(13,17)2/h13-18,21H,4-12H2,1-3H3/t13?,14?,15-,16?,17?,18?,19+,20?/m0/s1. The second kappa shape index (κ2) is 4.73. The van der Waals surface area contributed by atoms with E-state index in [1.807, 2.05) is 0 Å². The van der Waals surface area contributed by atoms with Crippen molar-refractivity contribution in [2.75, 3.05) is 0 Å². The van der Waals surface area contributed by atoms with Crippen molar-refractivity contribution in [3.05, 3.63) is 0 Å². The smallest absolute Gasteiger partial charge is 0.0543 e. The fraction of sp³-hybridized carbons (Fsp3) is 1.00. The van der Waals surface area contributed by atoms with Gasteiger partial charge >= 0.3 is 0 Å². The van der Waals surface area contributed by atoms with E-state index in [1.54, 1.807) is 0 Å². The largest absolute Gasteiger partial charge is 0.393 e. The number of aliphatic hydroxyl groups is 1. The second-order valence-corrected chi connectivity index (χ2v) is 9.61. The highest BCUT2D eigenvalue weighted by Gasteiger charge is 2.59. The molecule has 4 fully saturated rings. The highest BCUT2D eigenvalue weighted by atomic mass is 16.3. The summed E-state index contributed by atoms with van der Waals surface area (Å²) >= 11 is 0. The Morgan fingerprint density at radius 2 is 1.52 bits per heavy atom. The minimum absolute atomic E-state index is 0.0000147. The summed E-state index contributed by atoms with van der Waals surface area (Å²) in [5, 5.41) is 10.1. The summed E-state index contributed by atoms with van der Waals surface area (Å²) in [5.41, 5.74) is 1.20. The van der Waals surface area contributed by atoms with Gasteiger partial charge in [-0.3, -0.25) is 0 Å². The van der Waals surface area contributed by atoms with Gasteiger partial charge in [0.15, 0.2) is 0 Å². The van der Waals surface area contributed by atoms with E-state index in [0.29, 0.717) is 10.8 Å². The van der Waals surface area contributed by atoms with Gasteiger partial charge in [0.1, 0.15) is 0 Å². The molecule has 0 aliphatic heterocycles. The van der Waals surface area contributed by atoms with Gasteiger partial charge in [-0.25, -0.2) is 0 Å². The van der Waals surface area contributed by atoms with Crippen LogP contribution in [0.1, 0.15) is 78.6 Å². The molecular weight excluding hydrogens is 256 g/mol. The molecular formula is C20H34O. The first-order valence-electron chi connectivity index (χ1n) is 9.63. The molecule has 0 aromatic carbocycles. The third-order valence-electron chi connectivity index (χ3n) is 9.11. The van der Waals surface area contributed by atoms with Crippen LogP contribution in [-0.2, 0) is 0 Å². The van der Waals surface area contributed by atoms with Gasteiger partial charge in [0.2, 0.25) is 0 Å². The van der Waals surface area contributed by atoms with Crippen molar-refractivity contribution >= 4 is 0 Å². The van der Waals surface area contributed by atoms with Crippen molar-refractivity contribution in [1.82, 2.24) is 0 Å². The molecule has 4 saturated carbocycles. The summed E-state index contributed by atoms with van der Waals surface area (Å²) in [6.45, 7) is 7.73. The molecule has 6 unspecified atom stereocenters. The molecule has 4 aliphatic carbocycles. The third kappa shape index (κ3) is 1.92. The fourth-order valence-electron chi connectivity index (χ4n) is 7.50. The van der Waals surface area contributed by atoms with E-state index in [9.17, 15) is 5.11 Å². The number of rotatable bonds is 0. The zero-order valence-electron chi connectivity index (χ0n) is 14.3. The van der Waals surface area contributed by atoms with Gasteiger partial charge < -0.3 is 5.11 Å². The summed E-state index contributed by atoms with van der Waals surface area (Å²) in [6.07, 6.45) is 12.2. The Hall–Kier alpha value is -0.0400. The van der Waals surface area contributed by atoms with E-state index >= 15 is 0 Å². The van der Waals surface area contributed by atoms with Gasteiger partial charge in [-0.05, 0) is 98.2 Å². The zero-order chi connectivity index (χ0) is 14.8. The molecule has 0 amide bonds. The lowest BCUT2D eigenvalue weighted by Gasteiger charge is -2.60. The van der Waals surface area contributed by atoms with Gasteiger partial charge in [0.25, 0.3) is 0 Å². The van der Waals surface area contributed by atoms with Gasteiger partial charge in [0, 0.05) is 0 Å². The molecule has 0 heterocycles.